The second-order valence-electron chi connectivity index (χ2n) is 4.42. The number of ether oxygens (including phenoxy) is 1. The zero-order valence-electron chi connectivity index (χ0n) is 11.4. The highest BCUT2D eigenvalue weighted by Crippen LogP contribution is 2.25. The number of aryl methyl sites for hydroxylation is 1. The van der Waals surface area contributed by atoms with E-state index in [4.69, 9.17) is 4.74 Å². The van der Waals surface area contributed by atoms with Crippen molar-refractivity contribution in [3.63, 3.8) is 0 Å². The maximum Gasteiger partial charge on any atom is 0.146 e. The molecule has 0 bridgehead atoms. The summed E-state index contributed by atoms with van der Waals surface area (Å²) >= 11 is 0. The second kappa shape index (κ2) is 6.07. The first-order chi connectivity index (χ1) is 9.65. The molecule has 102 valence electrons. The van der Waals surface area contributed by atoms with E-state index in [1.165, 1.54) is 6.07 Å². The predicted molar refractivity (Wildman–Crippen MR) is 76.1 cm³/mol. The largest absolute Gasteiger partial charge is 0.496 e. The molecule has 20 heavy (non-hydrogen) atoms. The van der Waals surface area contributed by atoms with Gasteiger partial charge in [-0.1, -0.05) is 18.2 Å². The molecule has 0 fully saturated rings. The topological polar surface area (TPSA) is 45.0 Å². The normalized spacial score (nSPS) is 11.5. The Balaban J connectivity index is 2.27. The fraction of sp³-hybridized carbons (Fsp3) is 0.188. The van der Waals surface area contributed by atoms with Gasteiger partial charge in [0.25, 0.3) is 0 Å². The average Bonchev–Trinajstić information content (AvgIpc) is 2.46. The third-order valence-electron chi connectivity index (χ3n) is 3.06. The molecule has 1 unspecified atom stereocenters. The second-order valence-corrected chi connectivity index (χ2v) is 4.42. The van der Waals surface area contributed by atoms with Gasteiger partial charge in [-0.25, -0.2) is 4.39 Å². The first kappa shape index (κ1) is 13.9. The number of anilines is 1. The number of nitrogens with one attached hydrogen (secondary N) is 1. The lowest BCUT2D eigenvalue weighted by Crippen LogP contribution is -2.10. The highest BCUT2D eigenvalue weighted by molar-refractivity contribution is 5.49. The molecule has 2 rings (SSSR count). The number of benzene rings is 2. The Morgan fingerprint density at radius 2 is 2.00 bits per heavy atom. The van der Waals surface area contributed by atoms with Gasteiger partial charge in [0.2, 0.25) is 0 Å². The van der Waals surface area contributed by atoms with E-state index in [1.807, 2.05) is 13.0 Å². The quantitative estimate of drug-likeness (QED) is 0.918. The van der Waals surface area contributed by atoms with Crippen molar-refractivity contribution in [1.82, 2.24) is 0 Å². The Kier molecular flexibility index (Phi) is 4.21. The van der Waals surface area contributed by atoms with Crippen LogP contribution in [0.2, 0.25) is 0 Å². The van der Waals surface area contributed by atoms with Crippen LogP contribution in [0.25, 0.3) is 0 Å². The fourth-order valence-electron chi connectivity index (χ4n) is 2.01. The van der Waals surface area contributed by atoms with E-state index >= 15 is 0 Å². The first-order valence-electron chi connectivity index (χ1n) is 6.21. The van der Waals surface area contributed by atoms with Crippen molar-refractivity contribution in [2.75, 3.05) is 12.4 Å². The molecule has 1 atom stereocenters. The third-order valence-corrected chi connectivity index (χ3v) is 3.06. The molecule has 0 heterocycles. The van der Waals surface area contributed by atoms with Gasteiger partial charge in [0, 0.05) is 0 Å². The number of halogens is 1. The molecule has 1 N–H and O–H groups in total. The van der Waals surface area contributed by atoms with Gasteiger partial charge in [-0.2, -0.15) is 5.26 Å². The zero-order valence-corrected chi connectivity index (χ0v) is 11.4. The van der Waals surface area contributed by atoms with E-state index in [9.17, 15) is 9.65 Å². The molecule has 3 nitrogen and oxygen atoms in total. The van der Waals surface area contributed by atoms with Crippen LogP contribution in [0.15, 0.2) is 42.5 Å². The van der Waals surface area contributed by atoms with Crippen LogP contribution in [0, 0.1) is 24.1 Å². The summed E-state index contributed by atoms with van der Waals surface area (Å²) in [5, 5.41) is 12.2. The summed E-state index contributed by atoms with van der Waals surface area (Å²) in [6.45, 7) is 1.90. The number of para-hydroxylation sites is 1. The number of hydrogen-bond acceptors (Lipinski definition) is 3. The average molecular weight is 270 g/mol. The summed E-state index contributed by atoms with van der Waals surface area (Å²) in [5.74, 6) is 0.384. The van der Waals surface area contributed by atoms with Crippen molar-refractivity contribution in [3.05, 3.63) is 59.4 Å². The van der Waals surface area contributed by atoms with E-state index in [0.29, 0.717) is 5.69 Å². The summed E-state index contributed by atoms with van der Waals surface area (Å²) in [6.07, 6.45) is 0. The van der Waals surface area contributed by atoms with Crippen LogP contribution in [-0.2, 0) is 0 Å². The highest BCUT2D eigenvalue weighted by Gasteiger charge is 2.13. The Morgan fingerprint density at radius 3 is 2.60 bits per heavy atom. The zero-order chi connectivity index (χ0) is 14.5. The molecule has 0 saturated heterocycles. The molecule has 0 aliphatic carbocycles. The number of nitriles is 1. The van der Waals surface area contributed by atoms with Gasteiger partial charge in [-0.05, 0) is 42.3 Å². The molecule has 2 aromatic carbocycles. The maximum absolute atomic E-state index is 13.6. The minimum Gasteiger partial charge on any atom is -0.496 e. The van der Waals surface area contributed by atoms with Crippen LogP contribution in [0.1, 0.15) is 17.2 Å². The summed E-state index contributed by atoms with van der Waals surface area (Å²) < 4.78 is 18.8. The number of rotatable bonds is 4. The van der Waals surface area contributed by atoms with Gasteiger partial charge in [0.05, 0.1) is 18.9 Å². The lowest BCUT2D eigenvalue weighted by Gasteiger charge is -2.15. The summed E-state index contributed by atoms with van der Waals surface area (Å²) in [7, 11) is 1.60. The van der Waals surface area contributed by atoms with Crippen LogP contribution in [-0.4, -0.2) is 7.11 Å². The Hall–Kier alpha value is -2.54. The molecule has 4 heteroatoms. The number of hydrogen-bond donors (Lipinski definition) is 1. The van der Waals surface area contributed by atoms with E-state index < -0.39 is 6.04 Å². The SMILES string of the molecule is COc1ccc(C(C#N)Nc2ccccc2F)cc1C. The van der Waals surface area contributed by atoms with Crippen molar-refractivity contribution in [2.45, 2.75) is 13.0 Å². The van der Waals surface area contributed by atoms with Crippen molar-refractivity contribution >= 4 is 5.69 Å². The van der Waals surface area contributed by atoms with Crippen LogP contribution < -0.4 is 10.1 Å². The van der Waals surface area contributed by atoms with Gasteiger partial charge < -0.3 is 10.1 Å². The molecule has 2 aromatic rings. The monoisotopic (exact) mass is 270 g/mol. The molecule has 0 amide bonds. The van der Waals surface area contributed by atoms with E-state index in [1.54, 1.807) is 37.4 Å². The molecular weight excluding hydrogens is 255 g/mol. The predicted octanol–water partition coefficient (Wildman–Crippen LogP) is 3.82. The van der Waals surface area contributed by atoms with Crippen molar-refractivity contribution in [3.8, 4) is 11.8 Å². The summed E-state index contributed by atoms with van der Waals surface area (Å²) in [6, 6.07) is 13.3. The van der Waals surface area contributed by atoms with Crippen molar-refractivity contribution in [2.24, 2.45) is 0 Å². The van der Waals surface area contributed by atoms with Crippen molar-refractivity contribution < 1.29 is 9.13 Å². The van der Waals surface area contributed by atoms with Crippen LogP contribution in [0.3, 0.4) is 0 Å². The van der Waals surface area contributed by atoms with Gasteiger partial charge in [0.1, 0.15) is 17.6 Å². The minimum absolute atomic E-state index is 0.313. The minimum atomic E-state index is -0.614. The molecule has 0 saturated carbocycles. The smallest absolute Gasteiger partial charge is 0.146 e. The van der Waals surface area contributed by atoms with Gasteiger partial charge in [0.15, 0.2) is 0 Å². The highest BCUT2D eigenvalue weighted by atomic mass is 19.1. The van der Waals surface area contributed by atoms with Gasteiger partial charge >= 0.3 is 0 Å². The maximum atomic E-state index is 13.6. The lowest BCUT2D eigenvalue weighted by atomic mass is 10.0. The molecule has 0 aromatic heterocycles. The summed E-state index contributed by atoms with van der Waals surface area (Å²) in [4.78, 5) is 0. The van der Waals surface area contributed by atoms with E-state index in [-0.39, 0.29) is 5.82 Å². The van der Waals surface area contributed by atoms with Crippen molar-refractivity contribution in [1.29, 1.82) is 5.26 Å². The lowest BCUT2D eigenvalue weighted by molar-refractivity contribution is 0.411. The van der Waals surface area contributed by atoms with Crippen LogP contribution in [0.4, 0.5) is 10.1 Å². The van der Waals surface area contributed by atoms with Gasteiger partial charge in [-0.3, -0.25) is 0 Å². The standard InChI is InChI=1S/C16H15FN2O/c1-11-9-12(7-8-16(11)20-2)15(10-18)19-14-6-4-3-5-13(14)17/h3-9,15,19H,1-2H3. The van der Waals surface area contributed by atoms with E-state index in [2.05, 4.69) is 11.4 Å². The molecule has 0 aliphatic rings. The molecular formula is C16H15FN2O. The third kappa shape index (κ3) is 2.89. The number of nitrogens with zero attached hydrogens (tertiary/aromatic N) is 1. The summed E-state index contributed by atoms with van der Waals surface area (Å²) in [5.41, 5.74) is 2.02. The first-order valence-corrected chi connectivity index (χ1v) is 6.21. The number of methoxy groups -OCH3 is 1. The van der Waals surface area contributed by atoms with E-state index in [0.717, 1.165) is 16.9 Å². The van der Waals surface area contributed by atoms with Crippen LogP contribution >= 0.6 is 0 Å². The van der Waals surface area contributed by atoms with Crippen LogP contribution in [0.5, 0.6) is 5.75 Å². The van der Waals surface area contributed by atoms with Gasteiger partial charge in [-0.15, -0.1) is 0 Å². The fourth-order valence-corrected chi connectivity index (χ4v) is 2.01. The Bertz CT molecular complexity index is 649. The Labute approximate surface area is 117 Å². The molecule has 0 aliphatic heterocycles. The molecule has 0 spiro atoms. The Morgan fingerprint density at radius 1 is 1.25 bits per heavy atom. The molecule has 0 radical (unpaired) electrons.